The Bertz CT molecular complexity index is 1120. The van der Waals surface area contributed by atoms with Gasteiger partial charge >= 0.3 is 5.97 Å². The van der Waals surface area contributed by atoms with Crippen molar-refractivity contribution in [3.8, 4) is 5.40 Å². The van der Waals surface area contributed by atoms with Crippen LogP contribution in [0.25, 0.3) is 0 Å². The van der Waals surface area contributed by atoms with Crippen molar-refractivity contribution in [2.75, 3.05) is 0 Å². The molecule has 40 heavy (non-hydrogen) atoms. The minimum atomic E-state index is -0.185. The molecule has 0 N–H and O–H groups in total. The van der Waals surface area contributed by atoms with Gasteiger partial charge in [-0.05, 0) is 157 Å². The van der Waals surface area contributed by atoms with Crippen molar-refractivity contribution in [2.24, 2.45) is 46.3 Å². The molecule has 4 fully saturated rings. The predicted octanol–water partition coefficient (Wildman–Crippen LogP) is 10.3. The van der Waals surface area contributed by atoms with Gasteiger partial charge in [0, 0.05) is 8.32 Å². The summed E-state index contributed by atoms with van der Waals surface area (Å²) < 4.78 is 7.21. The Labute approximate surface area is 261 Å². The summed E-state index contributed by atoms with van der Waals surface area (Å²) in [6.45, 7) is 12.4. The van der Waals surface area contributed by atoms with Crippen LogP contribution in [0.3, 0.4) is 0 Å². The first kappa shape index (κ1) is 30.7. The number of carbonyl (C=O) groups is 1. The molecule has 9 atom stereocenters. The lowest BCUT2D eigenvalue weighted by Crippen LogP contribution is -2.64. The average Bonchev–Trinajstić information content (AvgIpc) is 3.26. The van der Waals surface area contributed by atoms with Gasteiger partial charge in [-0.1, -0.05) is 59.9 Å². The van der Waals surface area contributed by atoms with Gasteiger partial charge in [-0.15, -0.1) is 0 Å². The van der Waals surface area contributed by atoms with E-state index in [9.17, 15) is 10.1 Å². The third kappa shape index (κ3) is 5.40. The van der Waals surface area contributed by atoms with Gasteiger partial charge in [0.25, 0.3) is 0 Å². The molecule has 0 bridgehead atoms. The van der Waals surface area contributed by atoms with Crippen LogP contribution in [0.15, 0.2) is 24.3 Å². The minimum absolute atomic E-state index is 0.0134. The molecule has 3 nitrogen and oxygen atoms in total. The molecular weight excluding hydrogens is 625 g/mol. The van der Waals surface area contributed by atoms with Crippen molar-refractivity contribution in [1.29, 1.82) is 5.26 Å². The highest BCUT2D eigenvalue weighted by molar-refractivity contribution is 14.1. The number of fused-ring (bicyclic) bond motifs is 5. The molecule has 4 aliphatic carbocycles. The number of ether oxygens (including phenoxy) is 1. The summed E-state index contributed by atoms with van der Waals surface area (Å²) in [7, 11) is 0. The Morgan fingerprint density at radius 3 is 2.58 bits per heavy atom. The highest BCUT2D eigenvalue weighted by atomic mass is 127. The van der Waals surface area contributed by atoms with Crippen LogP contribution < -0.4 is 0 Å². The van der Waals surface area contributed by atoms with E-state index in [1.54, 1.807) is 11.8 Å². The van der Waals surface area contributed by atoms with Crippen molar-refractivity contribution < 1.29 is 9.53 Å². The number of rotatable bonds is 8. The van der Waals surface area contributed by atoms with E-state index in [1.165, 1.54) is 57.8 Å². The first-order valence-electron chi connectivity index (χ1n) is 16.1. The Morgan fingerprint density at radius 2 is 1.85 bits per heavy atom. The van der Waals surface area contributed by atoms with Gasteiger partial charge in [0.2, 0.25) is 0 Å². The first-order chi connectivity index (χ1) is 19.0. The molecule has 5 heteroatoms. The van der Waals surface area contributed by atoms with Crippen LogP contribution >= 0.6 is 34.4 Å². The zero-order valence-electron chi connectivity index (χ0n) is 25.4. The molecule has 5 rings (SSSR count). The van der Waals surface area contributed by atoms with Gasteiger partial charge in [0.15, 0.2) is 0 Å². The highest BCUT2D eigenvalue weighted by Crippen LogP contribution is 2.73. The summed E-state index contributed by atoms with van der Waals surface area (Å²) >= 11 is 3.90. The van der Waals surface area contributed by atoms with Gasteiger partial charge < -0.3 is 4.74 Å². The molecule has 0 saturated heterocycles. The Morgan fingerprint density at radius 1 is 1.07 bits per heavy atom. The molecule has 0 aliphatic heterocycles. The molecular formula is C35H50INO2S. The number of carbonyl (C=O) groups excluding carboxylic acids is 1. The van der Waals surface area contributed by atoms with Crippen LogP contribution in [0.5, 0.6) is 0 Å². The number of benzene rings is 1. The molecule has 1 aromatic rings. The lowest BCUT2D eigenvalue weighted by molar-refractivity contribution is -0.111. The minimum Gasteiger partial charge on any atom is -0.459 e. The average molecular weight is 676 g/mol. The maximum Gasteiger partial charge on any atom is 0.338 e. The van der Waals surface area contributed by atoms with Crippen LogP contribution in [-0.4, -0.2) is 16.8 Å². The predicted molar refractivity (Wildman–Crippen MR) is 174 cm³/mol. The molecule has 0 heterocycles. The summed E-state index contributed by atoms with van der Waals surface area (Å²) in [5, 5.41) is 12.9. The molecule has 0 aromatic heterocycles. The Kier molecular flexibility index (Phi) is 9.29. The van der Waals surface area contributed by atoms with Crippen molar-refractivity contribution in [1.82, 2.24) is 0 Å². The Balaban J connectivity index is 1.32. The second kappa shape index (κ2) is 12.1. The maximum atomic E-state index is 13.0. The van der Waals surface area contributed by atoms with Crippen LogP contribution in [0.2, 0.25) is 0 Å². The zero-order valence-corrected chi connectivity index (χ0v) is 28.4. The van der Waals surface area contributed by atoms with E-state index in [1.807, 2.05) is 24.3 Å². The van der Waals surface area contributed by atoms with Gasteiger partial charge in [-0.2, -0.15) is 5.26 Å². The topological polar surface area (TPSA) is 50.1 Å². The molecule has 0 spiro atoms. The number of halogens is 1. The lowest BCUT2D eigenvalue weighted by atomic mass is 9.43. The third-order valence-electron chi connectivity index (χ3n) is 12.5. The fourth-order valence-corrected chi connectivity index (χ4v) is 12.3. The molecule has 220 valence electrons. The summed E-state index contributed by atoms with van der Waals surface area (Å²) in [5.41, 5.74) is 1.20. The fraction of sp³-hybridized carbons (Fsp3) is 0.771. The highest BCUT2D eigenvalue weighted by Gasteiger charge is 2.68. The summed E-state index contributed by atoms with van der Waals surface area (Å²) in [6, 6.07) is 7.71. The number of nitrogens with zero attached hydrogens (tertiary/aromatic N) is 1. The van der Waals surface area contributed by atoms with E-state index in [2.05, 4.69) is 62.6 Å². The molecule has 1 unspecified atom stereocenters. The standard InChI is InChI=1S/C35H50INO2S/c1-23(2)8-6-9-24(3)29-14-15-30-31-13-12-26-21-28(39-32(38)25-10-7-11-27(36)20-25)16-17-34(26,5)35(31,40-22-37)19-18-33(29,30)4/h7,10-11,20,23-24,26,28-31H,6,8-9,12-19,21H2,1-5H3/t24-,26?,28-,29-,30+,31+,33-,34+,35-/m1/s1. The smallest absolute Gasteiger partial charge is 0.338 e. The molecule has 4 aliphatic rings. The summed E-state index contributed by atoms with van der Waals surface area (Å²) in [6.07, 6.45) is 14.6. The first-order valence-corrected chi connectivity index (χ1v) is 18.0. The maximum absolute atomic E-state index is 13.0. The molecule has 0 radical (unpaired) electrons. The van der Waals surface area contributed by atoms with Crippen LogP contribution in [0.4, 0.5) is 0 Å². The second-order valence-corrected chi connectivity index (χ2v) is 17.2. The van der Waals surface area contributed by atoms with Crippen molar-refractivity contribution >= 4 is 40.3 Å². The molecule has 0 amide bonds. The van der Waals surface area contributed by atoms with Gasteiger partial charge in [0.1, 0.15) is 11.5 Å². The monoisotopic (exact) mass is 675 g/mol. The number of esters is 1. The number of hydrogen-bond donors (Lipinski definition) is 0. The van der Waals surface area contributed by atoms with Crippen LogP contribution in [0, 0.1) is 60.6 Å². The van der Waals surface area contributed by atoms with Gasteiger partial charge in [0.05, 0.1) is 5.56 Å². The van der Waals surface area contributed by atoms with Crippen LogP contribution in [-0.2, 0) is 4.74 Å². The summed E-state index contributed by atoms with van der Waals surface area (Å²) in [5.74, 6) is 4.14. The second-order valence-electron chi connectivity index (χ2n) is 14.8. The van der Waals surface area contributed by atoms with Gasteiger partial charge in [-0.3, -0.25) is 0 Å². The normalized spacial score (nSPS) is 39.5. The van der Waals surface area contributed by atoms with Crippen molar-refractivity contribution in [3.63, 3.8) is 0 Å². The molecule has 1 aromatic carbocycles. The van der Waals surface area contributed by atoms with E-state index >= 15 is 0 Å². The number of hydrogen-bond acceptors (Lipinski definition) is 4. The number of nitriles is 1. The van der Waals surface area contributed by atoms with Gasteiger partial charge in [-0.25, -0.2) is 4.79 Å². The van der Waals surface area contributed by atoms with Crippen molar-refractivity contribution in [2.45, 2.75) is 123 Å². The zero-order chi connectivity index (χ0) is 28.7. The van der Waals surface area contributed by atoms with E-state index in [4.69, 9.17) is 4.74 Å². The van der Waals surface area contributed by atoms with E-state index in [-0.39, 0.29) is 22.2 Å². The number of thioether (sulfide) groups is 1. The fourth-order valence-electron chi connectivity index (χ4n) is 10.4. The SMILES string of the molecule is CC(C)CCC[C@@H](C)[C@H]1CC[C@H]2[C@@H]3CCC4C[C@H](OC(=O)c5cccc(I)c5)CC[C@]4(C)[C@@]3(SC#N)CC[C@]12C. The lowest BCUT2D eigenvalue weighted by Gasteiger charge is -2.66. The van der Waals surface area contributed by atoms with Crippen molar-refractivity contribution in [3.05, 3.63) is 33.4 Å². The largest absolute Gasteiger partial charge is 0.459 e. The quantitative estimate of drug-likeness (QED) is 0.156. The molecule has 4 saturated carbocycles. The van der Waals surface area contributed by atoms with E-state index in [0.29, 0.717) is 22.8 Å². The Hall–Kier alpha value is -0.740. The number of thiocyanates is 1. The third-order valence-corrected chi connectivity index (χ3v) is 14.6. The summed E-state index contributed by atoms with van der Waals surface area (Å²) in [4.78, 5) is 13.0. The van der Waals surface area contributed by atoms with E-state index in [0.717, 1.165) is 46.5 Å². The van der Waals surface area contributed by atoms with E-state index < -0.39 is 0 Å². The van der Waals surface area contributed by atoms with Crippen LogP contribution in [0.1, 0.15) is 122 Å².